The van der Waals surface area contributed by atoms with Crippen LogP contribution >= 0.6 is 0 Å². The number of nitrogens with one attached hydrogen (secondary N) is 1. The van der Waals surface area contributed by atoms with E-state index in [1.54, 1.807) is 20.8 Å². The predicted molar refractivity (Wildman–Crippen MR) is 96.8 cm³/mol. The highest BCUT2D eigenvalue weighted by Gasteiger charge is 2.29. The highest BCUT2D eigenvalue weighted by Crippen LogP contribution is 2.24. The zero-order valence-corrected chi connectivity index (χ0v) is 16.3. The number of nitrogens with zero attached hydrogens (tertiary/aromatic N) is 2. The van der Waals surface area contributed by atoms with Gasteiger partial charge in [-0.05, 0) is 44.7 Å². The molecule has 1 aliphatic carbocycles. The lowest BCUT2D eigenvalue weighted by Crippen LogP contribution is -2.50. The third-order valence-electron chi connectivity index (χ3n) is 4.45. The van der Waals surface area contributed by atoms with Crippen LogP contribution in [0.15, 0.2) is 4.52 Å². The average molecular weight is 382 g/mol. The van der Waals surface area contributed by atoms with Gasteiger partial charge in [-0.2, -0.15) is 4.98 Å². The molecule has 27 heavy (non-hydrogen) atoms. The van der Waals surface area contributed by atoms with Crippen molar-refractivity contribution in [1.82, 2.24) is 15.5 Å². The molecule has 1 aromatic heterocycles. The van der Waals surface area contributed by atoms with Gasteiger partial charge in [0.15, 0.2) is 0 Å². The smallest absolute Gasteiger partial charge is 0.379 e. The number of carbonyl (C=O) groups is 2. The van der Waals surface area contributed by atoms with Crippen LogP contribution in [0.2, 0.25) is 0 Å². The molecule has 1 heterocycles. The summed E-state index contributed by atoms with van der Waals surface area (Å²) in [4.78, 5) is 28.1. The number of hydrogen-bond acceptors (Lipinski definition) is 8. The predicted octanol–water partition coefficient (Wildman–Crippen LogP) is 1.74. The lowest BCUT2D eigenvalue weighted by atomic mass is 9.90. The van der Waals surface area contributed by atoms with Crippen molar-refractivity contribution in [1.29, 1.82) is 0 Å². The first-order valence-corrected chi connectivity index (χ1v) is 9.49. The van der Waals surface area contributed by atoms with Gasteiger partial charge in [0.05, 0.1) is 18.8 Å². The maximum absolute atomic E-state index is 12.3. The van der Waals surface area contributed by atoms with Crippen molar-refractivity contribution in [2.24, 2.45) is 11.7 Å². The van der Waals surface area contributed by atoms with Gasteiger partial charge in [-0.25, -0.2) is 4.79 Å². The molecule has 0 unspecified atom stereocenters. The molecule has 1 aromatic rings. The Morgan fingerprint density at radius 2 is 2.04 bits per heavy atom. The molecule has 0 aromatic carbocycles. The molecule has 0 saturated heterocycles. The van der Waals surface area contributed by atoms with Crippen molar-refractivity contribution in [3.05, 3.63) is 11.7 Å². The van der Waals surface area contributed by atoms with E-state index in [-0.39, 0.29) is 30.8 Å². The molecule has 2 rings (SSSR count). The topological polar surface area (TPSA) is 130 Å². The summed E-state index contributed by atoms with van der Waals surface area (Å²) in [5.41, 5.74) is 4.77. The fourth-order valence-electron chi connectivity index (χ4n) is 2.88. The zero-order valence-electron chi connectivity index (χ0n) is 16.3. The van der Waals surface area contributed by atoms with E-state index in [1.165, 1.54) is 19.3 Å². The molecule has 0 aliphatic heterocycles. The Labute approximate surface area is 159 Å². The van der Waals surface area contributed by atoms with Gasteiger partial charge in [0.2, 0.25) is 5.91 Å². The molecule has 0 radical (unpaired) electrons. The lowest BCUT2D eigenvalue weighted by Gasteiger charge is -2.24. The Morgan fingerprint density at radius 3 is 2.67 bits per heavy atom. The minimum absolute atomic E-state index is 0.0827. The zero-order chi connectivity index (χ0) is 19.9. The fraction of sp³-hybridized carbons (Fsp3) is 0.778. The molecule has 152 valence electrons. The quantitative estimate of drug-likeness (QED) is 0.618. The summed E-state index contributed by atoms with van der Waals surface area (Å²) in [5.74, 6) is -0.645. The van der Waals surface area contributed by atoms with Gasteiger partial charge in [-0.15, -0.1) is 0 Å². The maximum Gasteiger partial charge on any atom is 0.379 e. The minimum atomic E-state index is -1.08. The van der Waals surface area contributed by atoms with E-state index in [4.69, 9.17) is 19.7 Å². The highest BCUT2D eigenvalue weighted by atomic mass is 16.5. The van der Waals surface area contributed by atoms with Gasteiger partial charge in [0.25, 0.3) is 11.7 Å². The Kier molecular flexibility index (Phi) is 7.73. The summed E-state index contributed by atoms with van der Waals surface area (Å²) in [6.45, 7) is 5.85. The summed E-state index contributed by atoms with van der Waals surface area (Å²) in [7, 11) is 0. The third-order valence-corrected chi connectivity index (χ3v) is 4.45. The van der Waals surface area contributed by atoms with Crippen LogP contribution in [0.4, 0.5) is 0 Å². The van der Waals surface area contributed by atoms with E-state index in [0.717, 1.165) is 12.8 Å². The van der Waals surface area contributed by atoms with Gasteiger partial charge < -0.3 is 25.0 Å². The fourth-order valence-corrected chi connectivity index (χ4v) is 2.88. The second-order valence-electron chi connectivity index (χ2n) is 7.47. The van der Waals surface area contributed by atoms with Gasteiger partial charge in [-0.3, -0.25) is 4.79 Å². The first-order valence-electron chi connectivity index (χ1n) is 9.49. The van der Waals surface area contributed by atoms with E-state index in [0.29, 0.717) is 12.5 Å². The van der Waals surface area contributed by atoms with E-state index >= 15 is 0 Å². The van der Waals surface area contributed by atoms with Crippen LogP contribution in [0, 0.1) is 5.92 Å². The summed E-state index contributed by atoms with van der Waals surface area (Å²) in [5, 5.41) is 6.38. The molecule has 0 spiro atoms. The summed E-state index contributed by atoms with van der Waals surface area (Å²) in [6, 6.07) is -0.695. The van der Waals surface area contributed by atoms with Crippen molar-refractivity contribution < 1.29 is 23.6 Å². The number of nitrogens with two attached hydrogens (primary N) is 1. The van der Waals surface area contributed by atoms with Crippen LogP contribution in [0.25, 0.3) is 0 Å². The number of amides is 1. The van der Waals surface area contributed by atoms with Gasteiger partial charge in [-0.1, -0.05) is 19.3 Å². The molecule has 1 amide bonds. The van der Waals surface area contributed by atoms with Crippen molar-refractivity contribution in [2.75, 3.05) is 19.8 Å². The SMILES string of the molecule is CCOC(=O)c1noc([C@@H](COCC2CCCCC2)NC(=O)C(C)(C)N)n1. The number of rotatable bonds is 9. The molecule has 9 nitrogen and oxygen atoms in total. The minimum Gasteiger partial charge on any atom is -0.460 e. The third kappa shape index (κ3) is 6.59. The first kappa shape index (κ1) is 21.3. The molecular formula is C18H30N4O5. The molecule has 9 heteroatoms. The molecule has 1 atom stereocenters. The van der Waals surface area contributed by atoms with Crippen molar-refractivity contribution >= 4 is 11.9 Å². The van der Waals surface area contributed by atoms with E-state index in [9.17, 15) is 9.59 Å². The Hall–Kier alpha value is -2.00. The standard InChI is InChI=1S/C18H30N4O5/c1-4-26-16(23)14-21-15(27-22-14)13(20-17(24)18(2,3)19)11-25-10-12-8-6-5-7-9-12/h12-13H,4-11,19H2,1-3H3,(H,20,24)/t13-/m1/s1. The van der Waals surface area contributed by atoms with Crippen LogP contribution in [0.5, 0.6) is 0 Å². The monoisotopic (exact) mass is 382 g/mol. The number of carbonyl (C=O) groups excluding carboxylic acids is 2. The number of ether oxygens (including phenoxy) is 2. The van der Waals surface area contributed by atoms with Crippen LogP contribution < -0.4 is 11.1 Å². The molecule has 3 N–H and O–H groups in total. The van der Waals surface area contributed by atoms with Crippen LogP contribution in [-0.2, 0) is 14.3 Å². The summed E-state index contributed by atoms with van der Waals surface area (Å²) < 4.78 is 15.8. The molecule has 1 fully saturated rings. The highest BCUT2D eigenvalue weighted by molar-refractivity contribution is 5.86. The number of hydrogen-bond donors (Lipinski definition) is 2. The van der Waals surface area contributed by atoms with Crippen LogP contribution in [0.3, 0.4) is 0 Å². The second kappa shape index (κ2) is 9.80. The molecule has 1 saturated carbocycles. The molecular weight excluding hydrogens is 352 g/mol. The number of aromatic nitrogens is 2. The average Bonchev–Trinajstić information content (AvgIpc) is 3.11. The van der Waals surface area contributed by atoms with E-state index in [2.05, 4.69) is 15.5 Å². The van der Waals surface area contributed by atoms with Crippen LogP contribution in [0.1, 0.15) is 75.4 Å². The summed E-state index contributed by atoms with van der Waals surface area (Å²) >= 11 is 0. The van der Waals surface area contributed by atoms with Crippen molar-refractivity contribution in [2.45, 2.75) is 64.5 Å². The van der Waals surface area contributed by atoms with Gasteiger partial charge in [0, 0.05) is 6.61 Å². The number of esters is 1. The largest absolute Gasteiger partial charge is 0.460 e. The Morgan fingerprint density at radius 1 is 1.33 bits per heavy atom. The normalized spacial score (nSPS) is 16.7. The van der Waals surface area contributed by atoms with Gasteiger partial charge >= 0.3 is 5.97 Å². The van der Waals surface area contributed by atoms with E-state index < -0.39 is 17.6 Å². The first-order chi connectivity index (χ1) is 12.8. The summed E-state index contributed by atoms with van der Waals surface area (Å²) in [6.07, 6.45) is 6.03. The maximum atomic E-state index is 12.3. The second-order valence-corrected chi connectivity index (χ2v) is 7.47. The van der Waals surface area contributed by atoms with Crippen LogP contribution in [-0.4, -0.2) is 47.4 Å². The Balaban J connectivity index is 2.02. The van der Waals surface area contributed by atoms with Gasteiger partial charge in [0.1, 0.15) is 6.04 Å². The molecule has 0 bridgehead atoms. The Bertz CT molecular complexity index is 620. The van der Waals surface area contributed by atoms with Crippen molar-refractivity contribution in [3.63, 3.8) is 0 Å². The molecule has 1 aliphatic rings. The van der Waals surface area contributed by atoms with E-state index in [1.807, 2.05) is 0 Å². The lowest BCUT2D eigenvalue weighted by molar-refractivity contribution is -0.126. The van der Waals surface area contributed by atoms with Crippen molar-refractivity contribution in [3.8, 4) is 0 Å².